The molecular weight excluding hydrogens is 504 g/mol. The summed E-state index contributed by atoms with van der Waals surface area (Å²) in [6, 6.07) is 3.05. The Kier molecular flexibility index (Phi) is 11.5. The van der Waals surface area contributed by atoms with Crippen LogP contribution in [0.4, 0.5) is 0 Å². The molecule has 0 fully saturated rings. The number of aromatic amines is 1. The van der Waals surface area contributed by atoms with Crippen LogP contribution in [0.2, 0.25) is 0 Å². The summed E-state index contributed by atoms with van der Waals surface area (Å²) in [4.78, 5) is 65.4. The molecule has 0 aliphatic heterocycles. The SMILES string of the molecule is CC(C)CC(N)C(=O)NC(C(=O)NC(Cc1c[nH]c2ccccc12)C(=O)NC(CCC(N)=O)C(=O)O)C(C)C. The third-order valence-electron chi connectivity index (χ3n) is 6.33. The van der Waals surface area contributed by atoms with Gasteiger partial charge in [0.25, 0.3) is 0 Å². The second kappa shape index (κ2) is 14.3. The van der Waals surface area contributed by atoms with Gasteiger partial charge in [-0.3, -0.25) is 19.2 Å². The van der Waals surface area contributed by atoms with Crippen LogP contribution in [0.3, 0.4) is 0 Å². The zero-order valence-electron chi connectivity index (χ0n) is 22.8. The van der Waals surface area contributed by atoms with Crippen molar-refractivity contribution in [3.05, 3.63) is 36.0 Å². The molecular formula is C27H40N6O6. The first kappa shape index (κ1) is 31.3. The van der Waals surface area contributed by atoms with Crippen molar-refractivity contribution in [2.45, 2.75) is 77.5 Å². The molecule has 0 saturated heterocycles. The normalized spacial score (nSPS) is 14.4. The number of carboxylic acid groups (broad SMARTS) is 1. The van der Waals surface area contributed by atoms with Gasteiger partial charge in [-0.15, -0.1) is 0 Å². The smallest absolute Gasteiger partial charge is 0.326 e. The van der Waals surface area contributed by atoms with E-state index in [2.05, 4.69) is 20.9 Å². The maximum atomic E-state index is 13.4. The molecule has 0 radical (unpaired) electrons. The Balaban J connectivity index is 2.30. The van der Waals surface area contributed by atoms with Gasteiger partial charge in [0, 0.05) is 29.9 Å². The van der Waals surface area contributed by atoms with Crippen LogP contribution < -0.4 is 27.4 Å². The highest BCUT2D eigenvalue weighted by Crippen LogP contribution is 2.19. The number of carbonyl (C=O) groups excluding carboxylic acids is 4. The molecule has 1 aromatic carbocycles. The predicted octanol–water partition coefficient (Wildman–Crippen LogP) is 0.544. The number of primary amides is 1. The van der Waals surface area contributed by atoms with Gasteiger partial charge in [0.1, 0.15) is 18.1 Å². The lowest BCUT2D eigenvalue weighted by Crippen LogP contribution is -2.59. The van der Waals surface area contributed by atoms with Crippen molar-refractivity contribution >= 4 is 40.5 Å². The molecule has 4 amide bonds. The number of nitrogens with two attached hydrogens (primary N) is 2. The summed E-state index contributed by atoms with van der Waals surface area (Å²) in [7, 11) is 0. The van der Waals surface area contributed by atoms with Gasteiger partial charge in [-0.25, -0.2) is 4.79 Å². The number of benzene rings is 1. The molecule has 1 heterocycles. The van der Waals surface area contributed by atoms with Crippen LogP contribution in [0.15, 0.2) is 30.5 Å². The van der Waals surface area contributed by atoms with Gasteiger partial charge in [0.05, 0.1) is 6.04 Å². The first-order valence-corrected chi connectivity index (χ1v) is 13.0. The number of para-hydroxylation sites is 1. The molecule has 39 heavy (non-hydrogen) atoms. The second-order valence-electron chi connectivity index (χ2n) is 10.5. The van der Waals surface area contributed by atoms with Crippen LogP contribution in [0.1, 0.15) is 52.5 Å². The highest BCUT2D eigenvalue weighted by molar-refractivity contribution is 5.95. The van der Waals surface area contributed by atoms with Gasteiger partial charge in [-0.2, -0.15) is 0 Å². The van der Waals surface area contributed by atoms with Crippen molar-refractivity contribution in [3.8, 4) is 0 Å². The number of hydrogen-bond donors (Lipinski definition) is 7. The standard InChI is InChI=1S/C27H40N6O6/c1-14(2)11-18(28)24(35)33-23(15(3)4)26(37)32-21(12-16-13-30-19-8-6-5-7-17(16)19)25(36)31-20(27(38)39)9-10-22(29)34/h5-8,13-15,18,20-21,23,30H,9-12,28H2,1-4H3,(H2,29,34)(H,31,36)(H,32,37)(H,33,35)(H,38,39). The van der Waals surface area contributed by atoms with Crippen molar-refractivity contribution in [2.75, 3.05) is 0 Å². The highest BCUT2D eigenvalue weighted by atomic mass is 16.4. The summed E-state index contributed by atoms with van der Waals surface area (Å²) in [6.07, 6.45) is 1.74. The fourth-order valence-electron chi connectivity index (χ4n) is 4.22. The van der Waals surface area contributed by atoms with Crippen LogP contribution in [0.25, 0.3) is 10.9 Å². The number of amides is 4. The zero-order chi connectivity index (χ0) is 29.3. The van der Waals surface area contributed by atoms with E-state index in [1.807, 2.05) is 38.1 Å². The van der Waals surface area contributed by atoms with Crippen LogP contribution in [-0.4, -0.2) is 63.9 Å². The maximum absolute atomic E-state index is 13.4. The molecule has 0 saturated carbocycles. The Labute approximate surface area is 227 Å². The first-order valence-electron chi connectivity index (χ1n) is 13.0. The number of fused-ring (bicyclic) bond motifs is 1. The molecule has 12 nitrogen and oxygen atoms in total. The van der Waals surface area contributed by atoms with Crippen molar-refractivity contribution < 1.29 is 29.1 Å². The van der Waals surface area contributed by atoms with Crippen LogP contribution in [0.5, 0.6) is 0 Å². The van der Waals surface area contributed by atoms with Crippen LogP contribution in [0, 0.1) is 11.8 Å². The van der Waals surface area contributed by atoms with Crippen molar-refractivity contribution in [2.24, 2.45) is 23.3 Å². The molecule has 214 valence electrons. The van der Waals surface area contributed by atoms with Crippen molar-refractivity contribution in [1.82, 2.24) is 20.9 Å². The summed E-state index contributed by atoms with van der Waals surface area (Å²) < 4.78 is 0. The number of carbonyl (C=O) groups is 5. The molecule has 0 aliphatic carbocycles. The summed E-state index contributed by atoms with van der Waals surface area (Å²) in [5.41, 5.74) is 12.7. The van der Waals surface area contributed by atoms with Crippen molar-refractivity contribution in [3.63, 3.8) is 0 Å². The zero-order valence-corrected chi connectivity index (χ0v) is 22.8. The topological polar surface area (TPSA) is 209 Å². The Morgan fingerprint density at radius 1 is 0.923 bits per heavy atom. The lowest BCUT2D eigenvalue weighted by atomic mass is 9.99. The molecule has 0 aliphatic rings. The third kappa shape index (κ3) is 9.40. The number of aliphatic carboxylic acids is 1. The molecule has 4 unspecified atom stereocenters. The van der Waals surface area contributed by atoms with E-state index in [0.29, 0.717) is 6.42 Å². The molecule has 2 rings (SSSR count). The third-order valence-corrected chi connectivity index (χ3v) is 6.33. The highest BCUT2D eigenvalue weighted by Gasteiger charge is 2.32. The Hall–Kier alpha value is -3.93. The van der Waals surface area contributed by atoms with Gasteiger partial charge in [0.2, 0.25) is 23.6 Å². The van der Waals surface area contributed by atoms with E-state index in [1.165, 1.54) is 0 Å². The van der Waals surface area contributed by atoms with Gasteiger partial charge in [-0.1, -0.05) is 45.9 Å². The van der Waals surface area contributed by atoms with E-state index in [1.54, 1.807) is 20.0 Å². The van der Waals surface area contributed by atoms with Gasteiger partial charge >= 0.3 is 5.97 Å². The fraction of sp³-hybridized carbons (Fsp3) is 0.519. The number of H-pyrrole nitrogens is 1. The Morgan fingerprint density at radius 3 is 2.15 bits per heavy atom. The van der Waals surface area contributed by atoms with E-state index < -0.39 is 53.8 Å². The minimum Gasteiger partial charge on any atom is -0.480 e. The molecule has 9 N–H and O–H groups in total. The molecule has 1 aromatic heterocycles. The molecule has 12 heteroatoms. The lowest BCUT2D eigenvalue weighted by Gasteiger charge is -2.27. The van der Waals surface area contributed by atoms with Crippen LogP contribution in [-0.2, 0) is 30.4 Å². The molecule has 2 aromatic rings. The number of nitrogens with one attached hydrogen (secondary N) is 4. The summed E-state index contributed by atoms with van der Waals surface area (Å²) in [5, 5.41) is 18.2. The minimum absolute atomic E-state index is 0.0371. The Bertz CT molecular complexity index is 1180. The largest absolute Gasteiger partial charge is 0.480 e. The van der Waals surface area contributed by atoms with E-state index >= 15 is 0 Å². The number of hydrogen-bond acceptors (Lipinski definition) is 6. The van der Waals surface area contributed by atoms with E-state index in [0.717, 1.165) is 16.5 Å². The quantitative estimate of drug-likeness (QED) is 0.169. The van der Waals surface area contributed by atoms with E-state index in [9.17, 15) is 29.1 Å². The predicted molar refractivity (Wildman–Crippen MR) is 146 cm³/mol. The first-order chi connectivity index (χ1) is 18.3. The average molecular weight is 545 g/mol. The second-order valence-corrected chi connectivity index (χ2v) is 10.5. The average Bonchev–Trinajstić information content (AvgIpc) is 3.26. The maximum Gasteiger partial charge on any atom is 0.326 e. The van der Waals surface area contributed by atoms with E-state index in [-0.39, 0.29) is 31.1 Å². The van der Waals surface area contributed by atoms with Crippen molar-refractivity contribution in [1.29, 1.82) is 0 Å². The molecule has 0 spiro atoms. The van der Waals surface area contributed by atoms with E-state index in [4.69, 9.17) is 11.5 Å². The monoisotopic (exact) mass is 544 g/mol. The van der Waals surface area contributed by atoms with Crippen LogP contribution >= 0.6 is 0 Å². The number of carboxylic acids is 1. The van der Waals surface area contributed by atoms with Gasteiger partial charge < -0.3 is 37.5 Å². The fourth-order valence-corrected chi connectivity index (χ4v) is 4.22. The summed E-state index contributed by atoms with van der Waals surface area (Å²) >= 11 is 0. The summed E-state index contributed by atoms with van der Waals surface area (Å²) in [6.45, 7) is 7.36. The molecule has 0 bridgehead atoms. The minimum atomic E-state index is -1.39. The van der Waals surface area contributed by atoms with Gasteiger partial charge in [0.15, 0.2) is 0 Å². The molecule has 4 atom stereocenters. The van der Waals surface area contributed by atoms with Gasteiger partial charge in [-0.05, 0) is 36.3 Å². The number of rotatable bonds is 15. The lowest BCUT2D eigenvalue weighted by molar-refractivity contribution is -0.142. The summed E-state index contributed by atoms with van der Waals surface area (Å²) in [5.74, 6) is -4.04. The number of aromatic nitrogens is 1. The Morgan fingerprint density at radius 2 is 1.56 bits per heavy atom.